The molecule has 2 aromatic carbocycles. The van der Waals surface area contributed by atoms with Crippen molar-refractivity contribution in [1.82, 2.24) is 10.2 Å². The number of anilines is 1. The number of hydrogen-bond acceptors (Lipinski definition) is 5. The van der Waals surface area contributed by atoms with Gasteiger partial charge in [0, 0.05) is 42.9 Å². The molecule has 0 radical (unpaired) electrons. The largest absolute Gasteiger partial charge is 0.496 e. The fraction of sp³-hybridized carbons (Fsp3) is 0.424. The van der Waals surface area contributed by atoms with Crippen LogP contribution in [-0.2, 0) is 15.8 Å². The summed E-state index contributed by atoms with van der Waals surface area (Å²) in [5, 5.41) is 14.6. The van der Waals surface area contributed by atoms with E-state index in [1.54, 1.807) is 11.0 Å². The van der Waals surface area contributed by atoms with Gasteiger partial charge in [0.05, 0.1) is 30.3 Å². The van der Waals surface area contributed by atoms with Crippen molar-refractivity contribution in [2.45, 2.75) is 50.2 Å². The second-order valence-electron chi connectivity index (χ2n) is 12.0. The Balaban J connectivity index is 1.41. The van der Waals surface area contributed by atoms with Crippen molar-refractivity contribution in [1.29, 1.82) is 0 Å². The van der Waals surface area contributed by atoms with Gasteiger partial charge in [0.1, 0.15) is 11.6 Å². The molecule has 5 rings (SSSR count). The van der Waals surface area contributed by atoms with Crippen LogP contribution in [0.2, 0.25) is 0 Å². The molecular formula is C33H32F7N3O5. The van der Waals surface area contributed by atoms with Gasteiger partial charge in [0.15, 0.2) is 0 Å². The highest BCUT2D eigenvalue weighted by atomic mass is 19.4. The number of likely N-dealkylation sites (tertiary alicyclic amines) is 1. The topological polar surface area (TPSA) is 108 Å². The summed E-state index contributed by atoms with van der Waals surface area (Å²) in [7, 11) is 1.30. The molecular weight excluding hydrogens is 651 g/mol. The van der Waals surface area contributed by atoms with Gasteiger partial charge in [-0.25, -0.2) is 4.39 Å². The van der Waals surface area contributed by atoms with E-state index in [-0.39, 0.29) is 41.7 Å². The van der Waals surface area contributed by atoms with Gasteiger partial charge in [-0.1, -0.05) is 11.6 Å². The number of carbonyl (C=O) groups excluding carboxylic acids is 3. The number of allylic oxidation sites excluding steroid dienone is 1. The lowest BCUT2D eigenvalue weighted by Gasteiger charge is -2.30. The Labute approximate surface area is 270 Å². The van der Waals surface area contributed by atoms with E-state index >= 15 is 0 Å². The van der Waals surface area contributed by atoms with Gasteiger partial charge >= 0.3 is 12.4 Å². The number of alkyl halides is 6. The van der Waals surface area contributed by atoms with E-state index in [4.69, 9.17) is 4.74 Å². The average molecular weight is 684 g/mol. The second-order valence-corrected chi connectivity index (χ2v) is 12.0. The summed E-state index contributed by atoms with van der Waals surface area (Å²) >= 11 is 0. The Kier molecular flexibility index (Phi) is 9.90. The van der Waals surface area contributed by atoms with Crippen LogP contribution in [0.3, 0.4) is 0 Å². The molecule has 258 valence electrons. The number of fused-ring (bicyclic) bond motifs is 2. The molecule has 3 N–H and O–H groups in total. The van der Waals surface area contributed by atoms with Crippen molar-refractivity contribution in [3.05, 3.63) is 76.6 Å². The molecule has 0 spiro atoms. The first-order valence-electron chi connectivity index (χ1n) is 15.2. The zero-order valence-electron chi connectivity index (χ0n) is 25.5. The molecule has 2 saturated carbocycles. The monoisotopic (exact) mass is 683 g/mol. The van der Waals surface area contributed by atoms with Gasteiger partial charge in [-0.05, 0) is 73.6 Å². The highest BCUT2D eigenvalue weighted by Gasteiger charge is 2.55. The van der Waals surface area contributed by atoms with E-state index < -0.39 is 71.1 Å². The SMILES string of the molecule is COc1ccc(/C=C/C(=O)N2CCC(O)CC2)cc1C(=O)N[C@H]1[C@@H](C(=O)Nc2ccc(F)c(C(F)(F)F)c2)[C@H]2CC[C@@H]1/C2=C\C(F)(F)F. The van der Waals surface area contributed by atoms with Crippen LogP contribution in [0, 0.1) is 23.6 Å². The normalized spacial score (nSPS) is 23.9. The summed E-state index contributed by atoms with van der Waals surface area (Å²) < 4.78 is 99.7. The number of halogens is 7. The van der Waals surface area contributed by atoms with Crippen molar-refractivity contribution < 1.29 is 55.0 Å². The molecule has 0 unspecified atom stereocenters. The van der Waals surface area contributed by atoms with Crippen LogP contribution in [0.15, 0.2) is 54.1 Å². The molecule has 3 fully saturated rings. The fourth-order valence-corrected chi connectivity index (χ4v) is 6.82. The minimum Gasteiger partial charge on any atom is -0.496 e. The molecule has 1 saturated heterocycles. The first kappa shape index (κ1) is 34.9. The highest BCUT2D eigenvalue weighted by molar-refractivity contribution is 6.00. The van der Waals surface area contributed by atoms with Gasteiger partial charge in [-0.2, -0.15) is 26.3 Å². The third kappa shape index (κ3) is 7.66. The number of benzene rings is 2. The van der Waals surface area contributed by atoms with Crippen LogP contribution in [-0.4, -0.2) is 66.2 Å². The average Bonchev–Trinajstić information content (AvgIpc) is 3.53. The Morgan fingerprint density at radius 1 is 0.958 bits per heavy atom. The van der Waals surface area contributed by atoms with Gasteiger partial charge in [-0.15, -0.1) is 0 Å². The number of methoxy groups -OCH3 is 1. The zero-order chi connectivity index (χ0) is 35.0. The van der Waals surface area contributed by atoms with Gasteiger partial charge in [-0.3, -0.25) is 14.4 Å². The van der Waals surface area contributed by atoms with E-state index in [2.05, 4.69) is 10.6 Å². The predicted molar refractivity (Wildman–Crippen MR) is 159 cm³/mol. The number of rotatable bonds is 7. The Bertz CT molecular complexity index is 1630. The minimum absolute atomic E-state index is 0.0372. The molecule has 2 bridgehead atoms. The van der Waals surface area contributed by atoms with Crippen LogP contribution in [0.5, 0.6) is 5.75 Å². The van der Waals surface area contributed by atoms with Gasteiger partial charge in [0.25, 0.3) is 5.91 Å². The zero-order valence-corrected chi connectivity index (χ0v) is 25.5. The number of aliphatic hydroxyl groups is 1. The van der Waals surface area contributed by atoms with E-state index in [0.29, 0.717) is 43.6 Å². The first-order valence-corrected chi connectivity index (χ1v) is 15.2. The molecule has 1 aliphatic heterocycles. The number of nitrogens with one attached hydrogen (secondary N) is 2. The molecule has 2 aliphatic carbocycles. The minimum atomic E-state index is -5.07. The molecule has 8 nitrogen and oxygen atoms in total. The third-order valence-electron chi connectivity index (χ3n) is 9.03. The summed E-state index contributed by atoms with van der Waals surface area (Å²) in [5.74, 6) is -6.66. The highest BCUT2D eigenvalue weighted by Crippen LogP contribution is 2.54. The molecule has 3 aliphatic rings. The number of nitrogens with zero attached hydrogens (tertiary/aromatic N) is 1. The summed E-state index contributed by atoms with van der Waals surface area (Å²) in [6.45, 7) is 0.767. The number of aliphatic hydroxyl groups excluding tert-OH is 1. The van der Waals surface area contributed by atoms with E-state index in [0.717, 1.165) is 6.07 Å². The fourth-order valence-electron chi connectivity index (χ4n) is 6.82. The van der Waals surface area contributed by atoms with E-state index in [1.165, 1.54) is 31.4 Å². The van der Waals surface area contributed by atoms with Crippen LogP contribution in [0.1, 0.15) is 47.2 Å². The standard InChI is InChI=1S/C33H32F7N3O5/c1-48-26-8-2-17(3-9-27(45)43-12-10-19(44)11-13-43)14-22(26)30(46)42-29-21-6-5-20(23(21)16-32(35,36)37)28(29)31(47)41-18-4-7-25(34)24(15-18)33(38,39)40/h2-4,7-9,14-16,19-21,28-29,44H,5-6,10-13H2,1H3,(H,41,47)(H,42,46)/b9-3+,23-16-/t20-,21+,28-,29+/m0/s1. The molecule has 4 atom stereocenters. The Hall–Kier alpha value is -4.40. The van der Waals surface area contributed by atoms with Crippen LogP contribution < -0.4 is 15.4 Å². The van der Waals surface area contributed by atoms with E-state index in [9.17, 15) is 50.2 Å². The number of carbonyl (C=O) groups is 3. The van der Waals surface area contributed by atoms with Crippen molar-refractivity contribution in [2.24, 2.45) is 17.8 Å². The lowest BCUT2D eigenvalue weighted by Crippen LogP contribution is -2.48. The van der Waals surface area contributed by atoms with Crippen LogP contribution in [0.25, 0.3) is 6.08 Å². The number of hydrogen-bond donors (Lipinski definition) is 3. The predicted octanol–water partition coefficient (Wildman–Crippen LogP) is 5.73. The summed E-state index contributed by atoms with van der Waals surface area (Å²) in [5.41, 5.74) is -1.77. The summed E-state index contributed by atoms with van der Waals surface area (Å²) in [6, 6.07) is 5.09. The molecule has 3 amide bonds. The third-order valence-corrected chi connectivity index (χ3v) is 9.03. The van der Waals surface area contributed by atoms with E-state index in [1.807, 2.05) is 0 Å². The second kappa shape index (κ2) is 13.6. The molecule has 1 heterocycles. The van der Waals surface area contributed by atoms with Crippen LogP contribution in [0.4, 0.5) is 36.4 Å². The molecule has 2 aromatic rings. The number of ether oxygens (including phenoxy) is 1. The van der Waals surface area contributed by atoms with Gasteiger partial charge in [0.2, 0.25) is 11.8 Å². The lowest BCUT2D eigenvalue weighted by molar-refractivity contribution is -0.140. The summed E-state index contributed by atoms with van der Waals surface area (Å²) in [4.78, 5) is 41.4. The maximum Gasteiger partial charge on any atom is 0.419 e. The van der Waals surface area contributed by atoms with Crippen molar-refractivity contribution in [3.63, 3.8) is 0 Å². The van der Waals surface area contributed by atoms with Gasteiger partial charge < -0.3 is 25.4 Å². The lowest BCUT2D eigenvalue weighted by atomic mass is 9.83. The molecule has 48 heavy (non-hydrogen) atoms. The molecule has 0 aromatic heterocycles. The maximum absolute atomic E-state index is 13.8. The van der Waals surface area contributed by atoms with Crippen molar-refractivity contribution in [2.75, 3.05) is 25.5 Å². The maximum atomic E-state index is 13.8. The number of amides is 3. The number of piperidine rings is 1. The smallest absolute Gasteiger partial charge is 0.419 e. The van der Waals surface area contributed by atoms with Crippen LogP contribution >= 0.6 is 0 Å². The quantitative estimate of drug-likeness (QED) is 0.196. The van der Waals surface area contributed by atoms with Crippen molar-refractivity contribution >= 4 is 29.5 Å². The first-order chi connectivity index (χ1) is 22.6. The Morgan fingerprint density at radius 2 is 1.65 bits per heavy atom. The Morgan fingerprint density at radius 3 is 2.29 bits per heavy atom. The molecule has 15 heteroatoms. The summed E-state index contributed by atoms with van der Waals surface area (Å²) in [6.07, 6.45) is -6.09. The van der Waals surface area contributed by atoms with Crippen molar-refractivity contribution in [3.8, 4) is 5.75 Å².